The fourth-order valence-electron chi connectivity index (χ4n) is 2.45. The highest BCUT2D eigenvalue weighted by Gasteiger charge is 2.31. The summed E-state index contributed by atoms with van der Waals surface area (Å²) in [5, 5.41) is 7.60. The van der Waals surface area contributed by atoms with Gasteiger partial charge in [-0.15, -0.1) is 0 Å². The van der Waals surface area contributed by atoms with Crippen molar-refractivity contribution >= 4 is 9.84 Å². The lowest BCUT2D eigenvalue weighted by Gasteiger charge is -2.11. The van der Waals surface area contributed by atoms with Crippen LogP contribution in [0.1, 0.15) is 29.4 Å². The van der Waals surface area contributed by atoms with Crippen molar-refractivity contribution in [1.29, 1.82) is 0 Å². The topological polar surface area (TPSA) is 64.0 Å². The molecule has 1 N–H and O–H groups in total. The van der Waals surface area contributed by atoms with Gasteiger partial charge in [0.25, 0.3) is 0 Å². The second-order valence-corrected chi connectivity index (χ2v) is 6.91. The van der Waals surface area contributed by atoms with Gasteiger partial charge in [-0.3, -0.25) is 4.68 Å². The first kappa shape index (κ1) is 12.6. The van der Waals surface area contributed by atoms with Crippen molar-refractivity contribution in [2.75, 3.05) is 18.6 Å². The first-order valence-corrected chi connectivity index (χ1v) is 7.66. The predicted octanol–water partition coefficient (Wildman–Crippen LogP) is 0.579. The van der Waals surface area contributed by atoms with Gasteiger partial charge in [-0.2, -0.15) is 5.10 Å². The van der Waals surface area contributed by atoms with Crippen LogP contribution in [0.2, 0.25) is 0 Å². The molecule has 0 saturated carbocycles. The Morgan fingerprint density at radius 1 is 1.47 bits per heavy atom. The third-order valence-corrected chi connectivity index (χ3v) is 5.13. The summed E-state index contributed by atoms with van der Waals surface area (Å²) in [6.07, 6.45) is 0.684. The predicted molar refractivity (Wildman–Crippen MR) is 66.8 cm³/mol. The standard InChI is InChI=1S/C11H19N3O2S/c1-8-11(6-12-3)9(2)14(13-8)10-4-5-17(15,16)7-10/h10,12H,4-7H2,1-3H3. The van der Waals surface area contributed by atoms with Crippen LogP contribution < -0.4 is 5.32 Å². The smallest absolute Gasteiger partial charge is 0.152 e. The highest BCUT2D eigenvalue weighted by Crippen LogP contribution is 2.26. The lowest BCUT2D eigenvalue weighted by molar-refractivity contribution is 0.485. The monoisotopic (exact) mass is 257 g/mol. The van der Waals surface area contributed by atoms with E-state index in [1.165, 1.54) is 5.56 Å². The number of hydrogen-bond acceptors (Lipinski definition) is 4. The normalized spacial score (nSPS) is 23.1. The minimum absolute atomic E-state index is 0.0179. The first-order chi connectivity index (χ1) is 7.94. The van der Waals surface area contributed by atoms with E-state index in [1.807, 2.05) is 25.6 Å². The van der Waals surface area contributed by atoms with Gasteiger partial charge in [0, 0.05) is 17.8 Å². The maximum atomic E-state index is 11.5. The Morgan fingerprint density at radius 2 is 2.18 bits per heavy atom. The summed E-state index contributed by atoms with van der Waals surface area (Å²) in [4.78, 5) is 0. The Hall–Kier alpha value is -0.880. The van der Waals surface area contributed by atoms with E-state index < -0.39 is 9.84 Å². The molecule has 6 heteroatoms. The van der Waals surface area contributed by atoms with Gasteiger partial charge in [0.15, 0.2) is 9.84 Å². The van der Waals surface area contributed by atoms with Crippen LogP contribution in [-0.4, -0.2) is 36.8 Å². The molecule has 17 heavy (non-hydrogen) atoms. The van der Waals surface area contributed by atoms with Crippen LogP contribution in [0.3, 0.4) is 0 Å². The minimum atomic E-state index is -2.85. The number of aromatic nitrogens is 2. The molecule has 0 aliphatic carbocycles. The van der Waals surface area contributed by atoms with Crippen molar-refractivity contribution in [3.63, 3.8) is 0 Å². The zero-order chi connectivity index (χ0) is 12.6. The summed E-state index contributed by atoms with van der Waals surface area (Å²) in [5.41, 5.74) is 3.25. The minimum Gasteiger partial charge on any atom is -0.316 e. The van der Waals surface area contributed by atoms with Crippen LogP contribution in [0.4, 0.5) is 0 Å². The van der Waals surface area contributed by atoms with E-state index in [-0.39, 0.29) is 17.5 Å². The van der Waals surface area contributed by atoms with Crippen LogP contribution in [0.5, 0.6) is 0 Å². The fourth-order valence-corrected chi connectivity index (χ4v) is 4.15. The van der Waals surface area contributed by atoms with Crippen molar-refractivity contribution in [3.8, 4) is 0 Å². The SMILES string of the molecule is CNCc1c(C)nn(C2CCS(=O)(=O)C2)c1C. The summed E-state index contributed by atoms with van der Waals surface area (Å²) in [6, 6.07) is 0.0179. The van der Waals surface area contributed by atoms with Crippen molar-refractivity contribution < 1.29 is 8.42 Å². The van der Waals surface area contributed by atoms with Gasteiger partial charge in [0.05, 0.1) is 23.2 Å². The molecule has 1 aromatic heterocycles. The average molecular weight is 257 g/mol. The third kappa shape index (κ3) is 2.37. The third-order valence-electron chi connectivity index (χ3n) is 3.38. The van der Waals surface area contributed by atoms with Gasteiger partial charge in [-0.1, -0.05) is 0 Å². The largest absolute Gasteiger partial charge is 0.316 e. The number of hydrogen-bond donors (Lipinski definition) is 1. The molecule has 1 aromatic rings. The van der Waals surface area contributed by atoms with Crippen LogP contribution in [0, 0.1) is 13.8 Å². The second kappa shape index (κ2) is 4.42. The van der Waals surface area contributed by atoms with E-state index in [2.05, 4.69) is 10.4 Å². The molecule has 2 rings (SSSR count). The Bertz CT molecular complexity index is 519. The number of sulfone groups is 1. The quantitative estimate of drug-likeness (QED) is 0.860. The summed E-state index contributed by atoms with van der Waals surface area (Å²) < 4.78 is 24.9. The lowest BCUT2D eigenvalue weighted by atomic mass is 10.2. The van der Waals surface area contributed by atoms with Gasteiger partial charge in [0.1, 0.15) is 0 Å². The van der Waals surface area contributed by atoms with Crippen molar-refractivity contribution in [2.24, 2.45) is 0 Å². The maximum absolute atomic E-state index is 11.5. The van der Waals surface area contributed by atoms with E-state index in [0.29, 0.717) is 6.42 Å². The maximum Gasteiger partial charge on any atom is 0.152 e. The van der Waals surface area contributed by atoms with Gasteiger partial charge in [-0.25, -0.2) is 8.42 Å². The Morgan fingerprint density at radius 3 is 2.71 bits per heavy atom. The van der Waals surface area contributed by atoms with Gasteiger partial charge < -0.3 is 5.32 Å². The number of aryl methyl sites for hydroxylation is 1. The van der Waals surface area contributed by atoms with Gasteiger partial charge in [-0.05, 0) is 27.3 Å². The molecule has 96 valence electrons. The summed E-state index contributed by atoms with van der Waals surface area (Å²) in [7, 11) is -0.954. The molecule has 0 amide bonds. The van der Waals surface area contributed by atoms with E-state index in [9.17, 15) is 8.42 Å². The fraction of sp³-hybridized carbons (Fsp3) is 0.727. The Kier molecular flexibility index (Phi) is 3.27. The molecule has 1 fully saturated rings. The molecule has 1 aliphatic heterocycles. The van der Waals surface area contributed by atoms with Crippen molar-refractivity contribution in [3.05, 3.63) is 17.0 Å². The molecule has 1 aliphatic rings. The molecular weight excluding hydrogens is 238 g/mol. The molecule has 0 radical (unpaired) electrons. The molecule has 5 nitrogen and oxygen atoms in total. The average Bonchev–Trinajstić information content (AvgIpc) is 2.73. The van der Waals surface area contributed by atoms with Gasteiger partial charge >= 0.3 is 0 Å². The first-order valence-electron chi connectivity index (χ1n) is 5.84. The lowest BCUT2D eigenvalue weighted by Crippen LogP contribution is -2.14. The van der Waals surface area contributed by atoms with Crippen LogP contribution in [-0.2, 0) is 16.4 Å². The summed E-state index contributed by atoms with van der Waals surface area (Å²) in [6.45, 7) is 4.76. The van der Waals surface area contributed by atoms with E-state index in [1.54, 1.807) is 0 Å². The molecule has 1 atom stereocenters. The molecule has 2 heterocycles. The van der Waals surface area contributed by atoms with Crippen LogP contribution in [0.15, 0.2) is 0 Å². The Balaban J connectivity index is 2.31. The molecule has 1 unspecified atom stereocenters. The summed E-state index contributed by atoms with van der Waals surface area (Å²) in [5.74, 6) is 0.519. The highest BCUT2D eigenvalue weighted by molar-refractivity contribution is 7.91. The zero-order valence-corrected chi connectivity index (χ0v) is 11.3. The summed E-state index contributed by atoms with van der Waals surface area (Å²) >= 11 is 0. The zero-order valence-electron chi connectivity index (χ0n) is 10.5. The van der Waals surface area contributed by atoms with Gasteiger partial charge in [0.2, 0.25) is 0 Å². The van der Waals surface area contributed by atoms with Crippen LogP contribution in [0.25, 0.3) is 0 Å². The molecule has 0 spiro atoms. The Labute approximate surface area is 102 Å². The second-order valence-electron chi connectivity index (χ2n) is 4.68. The van der Waals surface area contributed by atoms with Crippen molar-refractivity contribution in [2.45, 2.75) is 32.9 Å². The molecule has 0 aromatic carbocycles. The molecular formula is C11H19N3O2S. The highest BCUT2D eigenvalue weighted by atomic mass is 32.2. The molecule has 1 saturated heterocycles. The number of nitrogens with one attached hydrogen (secondary N) is 1. The number of nitrogens with zero attached hydrogens (tertiary/aromatic N) is 2. The van der Waals surface area contributed by atoms with Crippen LogP contribution >= 0.6 is 0 Å². The molecule has 0 bridgehead atoms. The number of rotatable bonds is 3. The van der Waals surface area contributed by atoms with Crippen molar-refractivity contribution in [1.82, 2.24) is 15.1 Å². The van der Waals surface area contributed by atoms with E-state index >= 15 is 0 Å². The van der Waals surface area contributed by atoms with E-state index in [0.717, 1.165) is 17.9 Å². The van der Waals surface area contributed by atoms with E-state index in [4.69, 9.17) is 0 Å².